The topological polar surface area (TPSA) is 75.7 Å². The minimum Gasteiger partial charge on any atom is -0.379 e. The van der Waals surface area contributed by atoms with Crippen molar-refractivity contribution in [2.75, 3.05) is 31.6 Å². The number of rotatable bonds is 6. The van der Waals surface area contributed by atoms with Crippen LogP contribution in [0.5, 0.6) is 0 Å². The molecule has 0 aromatic heterocycles. The second kappa shape index (κ2) is 9.04. The number of amides is 1. The maximum absolute atomic E-state index is 13.0. The standard InChI is InChI=1S/C19H21FN2O4S2/c1-14(27-17-6-2-15(20)3-7-17)19(23)21-16-4-8-18(9-5-16)28(24,25)22-10-12-26-13-11-22/h2-9,14H,10-13H2,1H3,(H,21,23). The largest absolute Gasteiger partial charge is 0.379 e. The molecular weight excluding hydrogens is 403 g/mol. The summed E-state index contributed by atoms with van der Waals surface area (Å²) in [6.45, 7) is 3.19. The molecule has 1 aliphatic heterocycles. The number of halogens is 1. The third-order valence-corrected chi connectivity index (χ3v) is 7.25. The second-order valence-corrected chi connectivity index (χ2v) is 9.60. The van der Waals surface area contributed by atoms with Gasteiger partial charge in [-0.3, -0.25) is 4.79 Å². The third-order valence-electron chi connectivity index (χ3n) is 4.23. The van der Waals surface area contributed by atoms with Gasteiger partial charge < -0.3 is 10.1 Å². The summed E-state index contributed by atoms with van der Waals surface area (Å²) < 4.78 is 44.8. The molecule has 1 amide bonds. The van der Waals surface area contributed by atoms with Crippen LogP contribution in [0.1, 0.15) is 6.92 Å². The van der Waals surface area contributed by atoms with Gasteiger partial charge in [0.2, 0.25) is 15.9 Å². The van der Waals surface area contributed by atoms with E-state index in [9.17, 15) is 17.6 Å². The van der Waals surface area contributed by atoms with Gasteiger partial charge in [-0.05, 0) is 55.5 Å². The lowest BCUT2D eigenvalue weighted by atomic mass is 10.3. The molecule has 1 atom stereocenters. The lowest BCUT2D eigenvalue weighted by Crippen LogP contribution is -2.40. The molecular formula is C19H21FN2O4S2. The van der Waals surface area contributed by atoms with Gasteiger partial charge in [0.15, 0.2) is 0 Å². The van der Waals surface area contributed by atoms with Crippen LogP contribution in [-0.4, -0.2) is 50.2 Å². The normalized spacial score (nSPS) is 16.5. The molecule has 150 valence electrons. The molecule has 1 N–H and O–H groups in total. The fourth-order valence-electron chi connectivity index (χ4n) is 2.66. The van der Waals surface area contributed by atoms with E-state index in [0.29, 0.717) is 32.0 Å². The maximum atomic E-state index is 13.0. The van der Waals surface area contributed by atoms with Crippen LogP contribution in [0.25, 0.3) is 0 Å². The summed E-state index contributed by atoms with van der Waals surface area (Å²) in [5.41, 5.74) is 0.512. The number of nitrogens with zero attached hydrogens (tertiary/aromatic N) is 1. The van der Waals surface area contributed by atoms with E-state index >= 15 is 0 Å². The van der Waals surface area contributed by atoms with Gasteiger partial charge in [0, 0.05) is 23.7 Å². The highest BCUT2D eigenvalue weighted by Crippen LogP contribution is 2.25. The predicted molar refractivity (Wildman–Crippen MR) is 106 cm³/mol. The maximum Gasteiger partial charge on any atom is 0.243 e. The van der Waals surface area contributed by atoms with Gasteiger partial charge in [-0.2, -0.15) is 4.31 Å². The molecule has 9 heteroatoms. The van der Waals surface area contributed by atoms with Gasteiger partial charge in [0.25, 0.3) is 0 Å². The minimum absolute atomic E-state index is 0.182. The number of anilines is 1. The summed E-state index contributed by atoms with van der Waals surface area (Å²) in [7, 11) is -3.56. The van der Waals surface area contributed by atoms with Gasteiger partial charge in [0.1, 0.15) is 5.82 Å². The van der Waals surface area contributed by atoms with Crippen molar-refractivity contribution in [2.45, 2.75) is 22.0 Å². The number of sulfonamides is 1. The van der Waals surface area contributed by atoms with E-state index in [1.807, 2.05) is 0 Å². The van der Waals surface area contributed by atoms with E-state index in [2.05, 4.69) is 5.32 Å². The fourth-order valence-corrected chi connectivity index (χ4v) is 4.94. The van der Waals surface area contributed by atoms with Crippen molar-refractivity contribution in [1.82, 2.24) is 4.31 Å². The van der Waals surface area contributed by atoms with Crippen molar-refractivity contribution in [3.8, 4) is 0 Å². The van der Waals surface area contributed by atoms with E-state index in [0.717, 1.165) is 4.90 Å². The number of hydrogen-bond donors (Lipinski definition) is 1. The molecule has 1 fully saturated rings. The van der Waals surface area contributed by atoms with Crippen LogP contribution < -0.4 is 5.32 Å². The van der Waals surface area contributed by atoms with Crippen LogP contribution in [0.2, 0.25) is 0 Å². The van der Waals surface area contributed by atoms with Crippen LogP contribution in [0, 0.1) is 5.82 Å². The number of nitrogens with one attached hydrogen (secondary N) is 1. The zero-order valence-corrected chi connectivity index (χ0v) is 16.9. The van der Waals surface area contributed by atoms with Crippen LogP contribution in [-0.2, 0) is 19.6 Å². The van der Waals surface area contributed by atoms with E-state index in [4.69, 9.17) is 4.74 Å². The second-order valence-electron chi connectivity index (χ2n) is 6.24. The Balaban J connectivity index is 1.61. The fraction of sp³-hybridized carbons (Fsp3) is 0.316. The Labute approximate surface area is 168 Å². The molecule has 1 unspecified atom stereocenters. The molecule has 1 saturated heterocycles. The smallest absolute Gasteiger partial charge is 0.243 e. The Morgan fingerprint density at radius 1 is 1.11 bits per heavy atom. The SMILES string of the molecule is CC(Sc1ccc(F)cc1)C(=O)Nc1ccc(S(=O)(=O)N2CCOCC2)cc1. The van der Waals surface area contributed by atoms with Gasteiger partial charge in [0.05, 0.1) is 23.4 Å². The van der Waals surface area contributed by atoms with Crippen molar-refractivity contribution in [3.05, 3.63) is 54.3 Å². The molecule has 0 radical (unpaired) electrons. The third kappa shape index (κ3) is 5.11. The molecule has 0 bridgehead atoms. The molecule has 6 nitrogen and oxygen atoms in total. The van der Waals surface area contributed by atoms with Crippen LogP contribution >= 0.6 is 11.8 Å². The summed E-state index contributed by atoms with van der Waals surface area (Å²) in [6, 6.07) is 12.0. The average Bonchev–Trinajstić information content (AvgIpc) is 2.70. The molecule has 1 heterocycles. The van der Waals surface area contributed by atoms with E-state index in [1.54, 1.807) is 31.2 Å². The Kier molecular flexibility index (Phi) is 6.71. The molecule has 0 spiro atoms. The Morgan fingerprint density at radius 3 is 2.32 bits per heavy atom. The lowest BCUT2D eigenvalue weighted by molar-refractivity contribution is -0.115. The van der Waals surface area contributed by atoms with Gasteiger partial charge >= 0.3 is 0 Å². The Bertz CT molecular complexity index is 912. The van der Waals surface area contributed by atoms with Crippen LogP contribution in [0.4, 0.5) is 10.1 Å². The molecule has 0 aliphatic carbocycles. The first-order valence-electron chi connectivity index (χ1n) is 8.77. The predicted octanol–water partition coefficient (Wildman–Crippen LogP) is 2.97. The minimum atomic E-state index is -3.56. The summed E-state index contributed by atoms with van der Waals surface area (Å²) in [6.07, 6.45) is 0. The molecule has 3 rings (SSSR count). The van der Waals surface area contributed by atoms with E-state index < -0.39 is 15.3 Å². The number of thioether (sulfide) groups is 1. The van der Waals surface area contributed by atoms with Crippen molar-refractivity contribution in [1.29, 1.82) is 0 Å². The van der Waals surface area contributed by atoms with Gasteiger partial charge in [-0.1, -0.05) is 0 Å². The highest BCUT2D eigenvalue weighted by atomic mass is 32.2. The van der Waals surface area contributed by atoms with E-state index in [-0.39, 0.29) is 16.6 Å². The number of ether oxygens (including phenoxy) is 1. The Morgan fingerprint density at radius 2 is 1.71 bits per heavy atom. The number of carbonyl (C=O) groups excluding carboxylic acids is 1. The zero-order valence-electron chi connectivity index (χ0n) is 15.3. The first-order valence-corrected chi connectivity index (χ1v) is 11.1. The molecule has 0 saturated carbocycles. The van der Waals surface area contributed by atoms with Crippen molar-refractivity contribution < 1.29 is 22.3 Å². The van der Waals surface area contributed by atoms with Crippen molar-refractivity contribution in [3.63, 3.8) is 0 Å². The van der Waals surface area contributed by atoms with Crippen LogP contribution in [0.3, 0.4) is 0 Å². The Hall–Kier alpha value is -1.94. The molecule has 1 aliphatic rings. The number of morpholine rings is 1. The summed E-state index contributed by atoms with van der Waals surface area (Å²) >= 11 is 1.31. The molecule has 2 aromatic carbocycles. The number of hydrogen-bond acceptors (Lipinski definition) is 5. The van der Waals surface area contributed by atoms with Crippen molar-refractivity contribution in [2.24, 2.45) is 0 Å². The first-order chi connectivity index (χ1) is 13.4. The number of carbonyl (C=O) groups is 1. The highest BCUT2D eigenvalue weighted by Gasteiger charge is 2.26. The summed E-state index contributed by atoms with van der Waals surface area (Å²) in [5, 5.41) is 2.37. The highest BCUT2D eigenvalue weighted by molar-refractivity contribution is 8.00. The lowest BCUT2D eigenvalue weighted by Gasteiger charge is -2.26. The zero-order chi connectivity index (χ0) is 20.1. The van der Waals surface area contributed by atoms with Crippen LogP contribution in [0.15, 0.2) is 58.3 Å². The molecule has 2 aromatic rings. The van der Waals surface area contributed by atoms with E-state index in [1.165, 1.54) is 40.3 Å². The average molecular weight is 425 g/mol. The quantitative estimate of drug-likeness (QED) is 0.722. The summed E-state index contributed by atoms with van der Waals surface area (Å²) in [4.78, 5) is 13.3. The van der Waals surface area contributed by atoms with Gasteiger partial charge in [-0.25, -0.2) is 12.8 Å². The summed E-state index contributed by atoms with van der Waals surface area (Å²) in [5.74, 6) is -0.549. The molecule has 28 heavy (non-hydrogen) atoms. The monoisotopic (exact) mass is 424 g/mol. The number of benzene rings is 2. The van der Waals surface area contributed by atoms with Gasteiger partial charge in [-0.15, -0.1) is 11.8 Å². The first kappa shape index (κ1) is 20.8. The van der Waals surface area contributed by atoms with Crippen molar-refractivity contribution >= 4 is 33.4 Å².